The lowest BCUT2D eigenvalue weighted by molar-refractivity contribution is 0.301. The van der Waals surface area contributed by atoms with Gasteiger partial charge in [-0.3, -0.25) is 0 Å². The van der Waals surface area contributed by atoms with Gasteiger partial charge in [0.05, 0.1) is 0 Å². The van der Waals surface area contributed by atoms with Crippen LogP contribution >= 0.6 is 0 Å². The van der Waals surface area contributed by atoms with Gasteiger partial charge in [0.15, 0.2) is 0 Å². The molecule has 0 aliphatic carbocycles. The molecule has 1 aliphatic heterocycles. The molecule has 1 fully saturated rings. The maximum Gasteiger partial charge on any atom is 0.128 e. The second kappa shape index (κ2) is 3.37. The molecule has 2 nitrogen and oxygen atoms in total. The Morgan fingerprint density at radius 3 is 2.45 bits per heavy atom. The van der Waals surface area contributed by atoms with E-state index in [0.29, 0.717) is 0 Å². The Morgan fingerprint density at radius 1 is 1.55 bits per heavy atom. The monoisotopic (exact) mass is 150 g/mol. The highest BCUT2D eigenvalue weighted by molar-refractivity contribution is 5.93. The third-order valence-corrected chi connectivity index (χ3v) is 1.67. The van der Waals surface area contributed by atoms with Crippen LogP contribution in [0.3, 0.4) is 0 Å². The Labute approximate surface area is 67.9 Å². The van der Waals surface area contributed by atoms with Crippen LogP contribution in [0.25, 0.3) is 0 Å². The summed E-state index contributed by atoms with van der Waals surface area (Å²) < 4.78 is 0. The Bertz CT molecular complexity index is 200. The van der Waals surface area contributed by atoms with Gasteiger partial charge >= 0.3 is 0 Å². The minimum absolute atomic E-state index is 0.840. The molecule has 0 aromatic heterocycles. The van der Waals surface area contributed by atoms with Gasteiger partial charge in [-0.15, -0.1) is 0 Å². The number of hydrogen-bond donors (Lipinski definition) is 0. The van der Waals surface area contributed by atoms with Crippen molar-refractivity contribution in [3.05, 3.63) is 24.9 Å². The van der Waals surface area contributed by atoms with E-state index in [-0.39, 0.29) is 0 Å². The zero-order chi connectivity index (χ0) is 8.27. The summed E-state index contributed by atoms with van der Waals surface area (Å²) in [5.74, 6) is 0.962. The summed E-state index contributed by atoms with van der Waals surface area (Å²) in [7, 11) is 0. The molecule has 0 aromatic carbocycles. The number of hydrogen-bond acceptors (Lipinski definition) is 1. The van der Waals surface area contributed by atoms with Gasteiger partial charge in [-0.1, -0.05) is 13.2 Å². The summed E-state index contributed by atoms with van der Waals surface area (Å²) in [5.41, 5.74) is 0.840. The van der Waals surface area contributed by atoms with Gasteiger partial charge in [-0.2, -0.15) is 0 Å². The van der Waals surface area contributed by atoms with Gasteiger partial charge in [0, 0.05) is 18.8 Å². The molecule has 1 rings (SSSR count). The zero-order valence-electron chi connectivity index (χ0n) is 7.01. The van der Waals surface area contributed by atoms with Crippen LogP contribution in [0.15, 0.2) is 29.9 Å². The minimum Gasteiger partial charge on any atom is -0.356 e. The standard InChI is InChI=1S/C9H14N2/c1-4-9(10-8(2)3)11-6-5-7-11/h4H,1-2,5-7H2,3H3. The van der Waals surface area contributed by atoms with E-state index in [1.807, 2.05) is 6.92 Å². The first-order chi connectivity index (χ1) is 5.24. The molecule has 60 valence electrons. The quantitative estimate of drug-likeness (QED) is 0.433. The van der Waals surface area contributed by atoms with Crippen LogP contribution in [-0.2, 0) is 0 Å². The molecular weight excluding hydrogens is 136 g/mol. The largest absolute Gasteiger partial charge is 0.356 e. The van der Waals surface area contributed by atoms with E-state index in [1.165, 1.54) is 6.42 Å². The van der Waals surface area contributed by atoms with Crippen molar-refractivity contribution in [2.24, 2.45) is 4.99 Å². The SMILES string of the molecule is C=CC(=NC(=C)C)N1CCC1. The summed E-state index contributed by atoms with van der Waals surface area (Å²) in [6.45, 7) is 11.5. The molecule has 1 heterocycles. The molecule has 0 N–H and O–H groups in total. The molecule has 0 saturated carbocycles. The van der Waals surface area contributed by atoms with Gasteiger partial charge in [0.1, 0.15) is 5.84 Å². The van der Waals surface area contributed by atoms with Crippen molar-refractivity contribution in [3.63, 3.8) is 0 Å². The zero-order valence-corrected chi connectivity index (χ0v) is 7.01. The Hall–Kier alpha value is -1.05. The Balaban J connectivity index is 2.60. The summed E-state index contributed by atoms with van der Waals surface area (Å²) >= 11 is 0. The minimum atomic E-state index is 0.840. The highest BCUT2D eigenvalue weighted by Crippen LogP contribution is 2.08. The lowest BCUT2D eigenvalue weighted by Gasteiger charge is -2.32. The van der Waals surface area contributed by atoms with Crippen molar-refractivity contribution in [1.82, 2.24) is 4.90 Å². The topological polar surface area (TPSA) is 15.6 Å². The second-order valence-electron chi connectivity index (χ2n) is 2.75. The number of likely N-dealkylation sites (tertiary alicyclic amines) is 1. The summed E-state index contributed by atoms with van der Waals surface area (Å²) in [5, 5.41) is 0. The number of amidine groups is 1. The van der Waals surface area contributed by atoms with E-state index in [2.05, 4.69) is 23.1 Å². The van der Waals surface area contributed by atoms with Gasteiger partial charge in [0.25, 0.3) is 0 Å². The lowest BCUT2D eigenvalue weighted by Crippen LogP contribution is -2.41. The van der Waals surface area contributed by atoms with E-state index in [1.54, 1.807) is 6.08 Å². The molecule has 0 bridgehead atoms. The van der Waals surface area contributed by atoms with Crippen LogP contribution in [0.4, 0.5) is 0 Å². The van der Waals surface area contributed by atoms with E-state index >= 15 is 0 Å². The predicted octanol–water partition coefficient (Wildman–Crippen LogP) is 1.81. The molecule has 0 unspecified atom stereocenters. The van der Waals surface area contributed by atoms with Crippen molar-refractivity contribution in [1.29, 1.82) is 0 Å². The molecule has 1 aliphatic rings. The van der Waals surface area contributed by atoms with E-state index in [0.717, 1.165) is 24.6 Å². The van der Waals surface area contributed by atoms with E-state index < -0.39 is 0 Å². The predicted molar refractivity (Wildman–Crippen MR) is 48.6 cm³/mol. The smallest absolute Gasteiger partial charge is 0.128 e. The Morgan fingerprint density at radius 2 is 2.18 bits per heavy atom. The van der Waals surface area contributed by atoms with Crippen molar-refractivity contribution >= 4 is 5.84 Å². The van der Waals surface area contributed by atoms with Crippen molar-refractivity contribution in [3.8, 4) is 0 Å². The van der Waals surface area contributed by atoms with Gasteiger partial charge in [0.2, 0.25) is 0 Å². The number of rotatable bonds is 2. The molecule has 2 heteroatoms. The van der Waals surface area contributed by atoms with E-state index in [4.69, 9.17) is 0 Å². The first-order valence-electron chi connectivity index (χ1n) is 3.85. The van der Waals surface area contributed by atoms with E-state index in [9.17, 15) is 0 Å². The average molecular weight is 150 g/mol. The lowest BCUT2D eigenvalue weighted by atomic mass is 10.2. The van der Waals surface area contributed by atoms with Gasteiger partial charge < -0.3 is 4.90 Å². The molecule has 0 radical (unpaired) electrons. The molecule has 0 atom stereocenters. The van der Waals surface area contributed by atoms with Crippen LogP contribution in [-0.4, -0.2) is 23.8 Å². The van der Waals surface area contributed by atoms with Crippen LogP contribution in [0.1, 0.15) is 13.3 Å². The van der Waals surface area contributed by atoms with Crippen molar-refractivity contribution in [2.75, 3.05) is 13.1 Å². The third-order valence-electron chi connectivity index (χ3n) is 1.67. The highest BCUT2D eigenvalue weighted by atomic mass is 15.2. The number of nitrogens with zero attached hydrogens (tertiary/aromatic N) is 2. The maximum atomic E-state index is 4.25. The van der Waals surface area contributed by atoms with Gasteiger partial charge in [-0.05, 0) is 19.4 Å². The van der Waals surface area contributed by atoms with Crippen LogP contribution < -0.4 is 0 Å². The summed E-state index contributed by atoms with van der Waals surface area (Å²) in [6.07, 6.45) is 3.05. The molecule has 0 aromatic rings. The fourth-order valence-electron chi connectivity index (χ4n) is 0.986. The Kier molecular flexibility index (Phi) is 2.47. The molecular formula is C9H14N2. The van der Waals surface area contributed by atoms with Crippen molar-refractivity contribution in [2.45, 2.75) is 13.3 Å². The molecule has 11 heavy (non-hydrogen) atoms. The number of allylic oxidation sites excluding steroid dienone is 1. The molecule has 0 spiro atoms. The molecule has 1 saturated heterocycles. The van der Waals surface area contributed by atoms with Crippen molar-refractivity contribution < 1.29 is 0 Å². The number of aliphatic imine (C=N–C) groups is 1. The fraction of sp³-hybridized carbons (Fsp3) is 0.444. The van der Waals surface area contributed by atoms with Crippen LogP contribution in [0, 0.1) is 0 Å². The van der Waals surface area contributed by atoms with Crippen LogP contribution in [0.2, 0.25) is 0 Å². The van der Waals surface area contributed by atoms with Crippen LogP contribution in [0.5, 0.6) is 0 Å². The molecule has 0 amide bonds. The average Bonchev–Trinajstić information content (AvgIpc) is 1.81. The normalized spacial score (nSPS) is 17.5. The second-order valence-corrected chi connectivity index (χ2v) is 2.75. The maximum absolute atomic E-state index is 4.25. The summed E-state index contributed by atoms with van der Waals surface area (Å²) in [6, 6.07) is 0. The third kappa shape index (κ3) is 1.93. The summed E-state index contributed by atoms with van der Waals surface area (Å²) in [4.78, 5) is 6.44. The highest BCUT2D eigenvalue weighted by Gasteiger charge is 2.15. The van der Waals surface area contributed by atoms with Gasteiger partial charge in [-0.25, -0.2) is 4.99 Å². The first kappa shape index (κ1) is 8.05. The first-order valence-corrected chi connectivity index (χ1v) is 3.85. The fourth-order valence-corrected chi connectivity index (χ4v) is 0.986.